The molecule has 106 valence electrons. The molecule has 3 N–H and O–H groups in total. The van der Waals surface area contributed by atoms with Gasteiger partial charge in [0.25, 0.3) is 0 Å². The van der Waals surface area contributed by atoms with E-state index in [0.29, 0.717) is 5.84 Å². The Balaban J connectivity index is 2.21. The van der Waals surface area contributed by atoms with E-state index < -0.39 is 0 Å². The third kappa shape index (κ3) is 4.58. The van der Waals surface area contributed by atoms with Crippen molar-refractivity contribution in [3.63, 3.8) is 0 Å². The van der Waals surface area contributed by atoms with E-state index in [1.54, 1.807) is 0 Å². The van der Waals surface area contributed by atoms with Crippen LogP contribution < -0.4 is 5.73 Å². The van der Waals surface area contributed by atoms with Gasteiger partial charge in [0.2, 0.25) is 0 Å². The first-order valence-corrected chi connectivity index (χ1v) is 7.06. The average Bonchev–Trinajstić information content (AvgIpc) is 2.29. The SMILES string of the molecule is CN(C)C1CCN(CCCC(C)(C)C(=N)N)CC1. The molecule has 0 unspecified atom stereocenters. The summed E-state index contributed by atoms with van der Waals surface area (Å²) in [6.45, 7) is 7.70. The molecular weight excluding hydrogens is 224 g/mol. The van der Waals surface area contributed by atoms with Crippen LogP contribution in [-0.2, 0) is 0 Å². The number of nitrogens with zero attached hydrogens (tertiary/aromatic N) is 2. The third-order valence-corrected chi connectivity index (χ3v) is 4.29. The van der Waals surface area contributed by atoms with Crippen molar-refractivity contribution in [2.75, 3.05) is 33.7 Å². The van der Waals surface area contributed by atoms with Crippen LogP contribution in [0.25, 0.3) is 0 Å². The van der Waals surface area contributed by atoms with E-state index in [1.807, 2.05) is 0 Å². The number of hydrogen-bond acceptors (Lipinski definition) is 3. The Bertz CT molecular complexity index is 265. The zero-order valence-corrected chi connectivity index (χ0v) is 12.5. The van der Waals surface area contributed by atoms with Crippen molar-refractivity contribution in [3.05, 3.63) is 0 Å². The summed E-state index contributed by atoms with van der Waals surface area (Å²) in [6.07, 6.45) is 4.71. The highest BCUT2D eigenvalue weighted by Gasteiger charge is 2.23. The molecule has 1 saturated heterocycles. The van der Waals surface area contributed by atoms with E-state index in [2.05, 4.69) is 37.7 Å². The molecular formula is C14H30N4. The monoisotopic (exact) mass is 254 g/mol. The highest BCUT2D eigenvalue weighted by Crippen LogP contribution is 2.22. The lowest BCUT2D eigenvalue weighted by Gasteiger charge is -2.35. The van der Waals surface area contributed by atoms with Crippen LogP contribution in [0, 0.1) is 10.8 Å². The maximum absolute atomic E-state index is 7.55. The minimum Gasteiger partial charge on any atom is -0.387 e. The van der Waals surface area contributed by atoms with Crippen LogP contribution in [0.2, 0.25) is 0 Å². The molecule has 0 aromatic rings. The summed E-state index contributed by atoms with van der Waals surface area (Å²) in [4.78, 5) is 4.90. The molecule has 0 saturated carbocycles. The smallest absolute Gasteiger partial charge is 0.0963 e. The summed E-state index contributed by atoms with van der Waals surface area (Å²) in [6, 6.07) is 0.759. The summed E-state index contributed by atoms with van der Waals surface area (Å²) in [7, 11) is 4.35. The zero-order valence-electron chi connectivity index (χ0n) is 12.5. The van der Waals surface area contributed by atoms with Crippen LogP contribution >= 0.6 is 0 Å². The van der Waals surface area contributed by atoms with Crippen LogP contribution in [0.1, 0.15) is 39.5 Å². The first-order chi connectivity index (χ1) is 8.33. The number of hydrogen-bond donors (Lipinski definition) is 2. The van der Waals surface area contributed by atoms with Gasteiger partial charge < -0.3 is 15.5 Å². The van der Waals surface area contributed by atoms with E-state index in [4.69, 9.17) is 11.1 Å². The lowest BCUT2D eigenvalue weighted by Crippen LogP contribution is -2.42. The fourth-order valence-electron chi connectivity index (χ4n) is 2.54. The summed E-state index contributed by atoms with van der Waals surface area (Å²) in [5, 5.41) is 7.55. The van der Waals surface area contributed by atoms with Gasteiger partial charge >= 0.3 is 0 Å². The number of nitrogens with one attached hydrogen (secondary N) is 1. The fraction of sp³-hybridized carbons (Fsp3) is 0.929. The van der Waals surface area contributed by atoms with E-state index >= 15 is 0 Å². The van der Waals surface area contributed by atoms with Crippen LogP contribution in [0.15, 0.2) is 0 Å². The second kappa shape index (κ2) is 6.53. The van der Waals surface area contributed by atoms with Gasteiger partial charge in [0.15, 0.2) is 0 Å². The molecule has 0 aromatic heterocycles. The van der Waals surface area contributed by atoms with Gasteiger partial charge in [-0.25, -0.2) is 0 Å². The Morgan fingerprint density at radius 1 is 1.33 bits per heavy atom. The first kappa shape index (κ1) is 15.4. The van der Waals surface area contributed by atoms with Crippen LogP contribution in [-0.4, -0.2) is 55.4 Å². The first-order valence-electron chi connectivity index (χ1n) is 7.06. The van der Waals surface area contributed by atoms with Crippen molar-refractivity contribution in [2.45, 2.75) is 45.6 Å². The molecule has 4 nitrogen and oxygen atoms in total. The Morgan fingerprint density at radius 2 is 1.89 bits per heavy atom. The molecule has 1 rings (SSSR count). The molecule has 0 aliphatic carbocycles. The summed E-state index contributed by atoms with van der Waals surface area (Å²) in [5.74, 6) is 0.314. The maximum Gasteiger partial charge on any atom is 0.0963 e. The molecule has 0 atom stereocenters. The molecule has 0 amide bonds. The summed E-state index contributed by atoms with van der Waals surface area (Å²) < 4.78 is 0. The van der Waals surface area contributed by atoms with Crippen molar-refractivity contribution in [1.29, 1.82) is 5.41 Å². The standard InChI is InChI=1S/C14H30N4/c1-14(2,13(15)16)8-5-9-18-10-6-12(7-11-18)17(3)4/h12H,5-11H2,1-4H3,(H3,15,16). The van der Waals surface area contributed by atoms with Gasteiger partial charge in [-0.2, -0.15) is 0 Å². The predicted molar refractivity (Wildman–Crippen MR) is 78.1 cm³/mol. The summed E-state index contributed by atoms with van der Waals surface area (Å²) in [5.41, 5.74) is 5.47. The molecule has 1 aliphatic rings. The van der Waals surface area contributed by atoms with E-state index in [9.17, 15) is 0 Å². The zero-order chi connectivity index (χ0) is 13.8. The molecule has 0 radical (unpaired) electrons. The molecule has 0 spiro atoms. The minimum absolute atomic E-state index is 0.137. The predicted octanol–water partition coefficient (Wildman–Crippen LogP) is 1.75. The van der Waals surface area contributed by atoms with E-state index in [-0.39, 0.29) is 5.41 Å². The minimum atomic E-state index is -0.137. The molecule has 4 heteroatoms. The van der Waals surface area contributed by atoms with Crippen molar-refractivity contribution in [2.24, 2.45) is 11.1 Å². The lowest BCUT2D eigenvalue weighted by molar-refractivity contribution is 0.141. The normalized spacial score (nSPS) is 19.4. The van der Waals surface area contributed by atoms with Gasteiger partial charge in [0.1, 0.15) is 0 Å². The Hall–Kier alpha value is -0.610. The topological polar surface area (TPSA) is 56.4 Å². The number of amidine groups is 1. The van der Waals surface area contributed by atoms with E-state index in [1.165, 1.54) is 25.9 Å². The van der Waals surface area contributed by atoms with Crippen molar-refractivity contribution < 1.29 is 0 Å². The molecule has 1 fully saturated rings. The molecule has 1 heterocycles. The van der Waals surface area contributed by atoms with Gasteiger partial charge in [-0.05, 0) is 59.4 Å². The maximum atomic E-state index is 7.55. The van der Waals surface area contributed by atoms with Gasteiger partial charge in [0, 0.05) is 11.5 Å². The lowest BCUT2D eigenvalue weighted by atomic mass is 9.86. The summed E-state index contributed by atoms with van der Waals surface area (Å²) >= 11 is 0. The number of nitrogens with two attached hydrogens (primary N) is 1. The van der Waals surface area contributed by atoms with Crippen molar-refractivity contribution in [1.82, 2.24) is 9.80 Å². The number of piperidine rings is 1. The quantitative estimate of drug-likeness (QED) is 0.561. The third-order valence-electron chi connectivity index (χ3n) is 4.29. The van der Waals surface area contributed by atoms with Gasteiger partial charge in [-0.1, -0.05) is 13.8 Å². The second-order valence-electron chi connectivity index (χ2n) is 6.44. The number of likely N-dealkylation sites (tertiary alicyclic amines) is 1. The van der Waals surface area contributed by atoms with Crippen molar-refractivity contribution in [3.8, 4) is 0 Å². The molecule has 0 aromatic carbocycles. The van der Waals surface area contributed by atoms with Crippen LogP contribution in [0.4, 0.5) is 0 Å². The van der Waals surface area contributed by atoms with Gasteiger partial charge in [0.05, 0.1) is 5.84 Å². The highest BCUT2D eigenvalue weighted by molar-refractivity contribution is 5.82. The van der Waals surface area contributed by atoms with E-state index in [0.717, 1.165) is 25.4 Å². The average molecular weight is 254 g/mol. The van der Waals surface area contributed by atoms with Gasteiger partial charge in [-0.3, -0.25) is 5.41 Å². The Morgan fingerprint density at radius 3 is 2.33 bits per heavy atom. The second-order valence-corrected chi connectivity index (χ2v) is 6.44. The van der Waals surface area contributed by atoms with Crippen molar-refractivity contribution >= 4 is 5.84 Å². The molecule has 18 heavy (non-hydrogen) atoms. The van der Waals surface area contributed by atoms with Gasteiger partial charge in [-0.15, -0.1) is 0 Å². The number of rotatable bonds is 6. The fourth-order valence-corrected chi connectivity index (χ4v) is 2.54. The highest BCUT2D eigenvalue weighted by atomic mass is 15.2. The van der Waals surface area contributed by atoms with Crippen LogP contribution in [0.5, 0.6) is 0 Å². The Kier molecular flexibility index (Phi) is 5.60. The molecule has 1 aliphatic heterocycles. The molecule has 0 bridgehead atoms. The van der Waals surface area contributed by atoms with Crippen LogP contribution in [0.3, 0.4) is 0 Å². The largest absolute Gasteiger partial charge is 0.387 e. The Labute approximate surface area is 112 Å².